The number of benzene rings is 2. The topological polar surface area (TPSA) is 64.0 Å². The Kier molecular flexibility index (Phi) is 5.78. The molecule has 0 unspecified atom stereocenters. The number of hydrogen-bond donors (Lipinski definition) is 2. The molecule has 1 heterocycles. The molecule has 2 aromatic rings. The van der Waals surface area contributed by atoms with E-state index < -0.39 is 13.8 Å². The highest BCUT2D eigenvalue weighted by atomic mass is 31.2. The van der Waals surface area contributed by atoms with Gasteiger partial charge in [0.2, 0.25) is 0 Å². The number of nitrogens with zero attached hydrogens (tertiary/aromatic N) is 2. The Hall–Kier alpha value is -2.36. The Balaban J connectivity index is 2.18. The minimum atomic E-state index is -3.10. The maximum atomic E-state index is 12.2. The fraction of sp³-hybridized carbons (Fsp3) is 0.318. The van der Waals surface area contributed by atoms with Crippen LogP contribution in [0.25, 0.3) is 0 Å². The van der Waals surface area contributed by atoms with E-state index in [1.165, 1.54) is 0 Å². The molecule has 0 bridgehead atoms. The van der Waals surface area contributed by atoms with E-state index in [0.29, 0.717) is 18.4 Å². The van der Waals surface area contributed by atoms with Gasteiger partial charge in [-0.15, -0.1) is 0 Å². The molecule has 0 aromatic heterocycles. The lowest BCUT2D eigenvalue weighted by molar-refractivity contribution is -0.136. The van der Waals surface area contributed by atoms with Crippen LogP contribution in [0.5, 0.6) is 0 Å². The van der Waals surface area contributed by atoms with Gasteiger partial charge < -0.3 is 5.11 Å². The molecule has 0 amide bonds. The summed E-state index contributed by atoms with van der Waals surface area (Å²) >= 11 is 0. The highest BCUT2D eigenvalue weighted by Gasteiger charge is 2.59. The first-order chi connectivity index (χ1) is 13.2. The fourth-order valence-electron chi connectivity index (χ4n) is 3.59. The number of para-hydroxylation sites is 2. The van der Waals surface area contributed by atoms with Crippen LogP contribution in [0.4, 0.5) is 11.4 Å². The van der Waals surface area contributed by atoms with Crippen molar-refractivity contribution in [2.45, 2.75) is 27.2 Å². The smallest absolute Gasteiger partial charge is 0.362 e. The van der Waals surface area contributed by atoms with Crippen molar-refractivity contribution in [2.24, 2.45) is 5.41 Å². The Morgan fingerprint density at radius 1 is 0.964 bits per heavy atom. The minimum absolute atomic E-state index is 0.186. The van der Waals surface area contributed by atoms with E-state index in [0.717, 1.165) is 11.4 Å². The number of carboxylic acids is 1. The summed E-state index contributed by atoms with van der Waals surface area (Å²) in [5.41, 5.74) is 1.55. The molecule has 0 aliphatic carbocycles. The minimum Gasteiger partial charge on any atom is -0.481 e. The molecule has 0 saturated carbocycles. The molecule has 0 atom stereocenters. The van der Waals surface area contributed by atoms with E-state index in [9.17, 15) is 14.8 Å². The molecule has 28 heavy (non-hydrogen) atoms. The highest BCUT2D eigenvalue weighted by Crippen LogP contribution is 2.73. The molecule has 1 aliphatic heterocycles. The predicted molar refractivity (Wildman–Crippen MR) is 117 cm³/mol. The summed E-state index contributed by atoms with van der Waals surface area (Å²) in [6.45, 7) is 7.33. The van der Waals surface area contributed by atoms with Gasteiger partial charge in [-0.1, -0.05) is 57.2 Å². The third-order valence-electron chi connectivity index (χ3n) is 4.62. The monoisotopic (exact) mass is 399 g/mol. The molecule has 3 rings (SSSR count). The lowest BCUT2D eigenvalue weighted by Crippen LogP contribution is -2.27. The van der Waals surface area contributed by atoms with Gasteiger partial charge in [0.05, 0.1) is 24.5 Å². The first kappa shape index (κ1) is 20.4. The molecule has 0 radical (unpaired) electrons. The van der Waals surface area contributed by atoms with Crippen molar-refractivity contribution in [3.8, 4) is 0 Å². The van der Waals surface area contributed by atoms with Crippen molar-refractivity contribution in [3.05, 3.63) is 72.1 Å². The average molecular weight is 399 g/mol. The zero-order chi connectivity index (χ0) is 20.4. The van der Waals surface area contributed by atoms with Gasteiger partial charge in [-0.2, -0.15) is 14.2 Å². The lowest BCUT2D eigenvalue weighted by Gasteiger charge is -2.33. The second kappa shape index (κ2) is 7.94. The largest absolute Gasteiger partial charge is 0.481 e. The van der Waals surface area contributed by atoms with Gasteiger partial charge in [0.1, 0.15) is 6.42 Å². The Labute approximate surface area is 167 Å². The van der Waals surface area contributed by atoms with Crippen molar-refractivity contribution in [1.82, 2.24) is 0 Å². The van der Waals surface area contributed by atoms with Gasteiger partial charge in [0.15, 0.2) is 5.31 Å². The van der Waals surface area contributed by atoms with Crippen molar-refractivity contribution in [2.75, 3.05) is 22.4 Å². The average Bonchev–Trinajstić information content (AvgIpc) is 2.99. The Morgan fingerprint density at radius 3 is 1.75 bits per heavy atom. The van der Waals surface area contributed by atoms with Crippen molar-refractivity contribution in [1.29, 1.82) is 0 Å². The van der Waals surface area contributed by atoms with Crippen LogP contribution in [0, 0.1) is 5.41 Å². The first-order valence-corrected chi connectivity index (χ1v) is 11.1. The normalized spacial score (nSPS) is 17.1. The van der Waals surface area contributed by atoms with Crippen LogP contribution in [0.1, 0.15) is 27.2 Å². The molecular formula is C22H28N2O3P+. The fourth-order valence-corrected chi connectivity index (χ4v) is 7.02. The van der Waals surface area contributed by atoms with Crippen LogP contribution in [0.15, 0.2) is 72.1 Å². The summed E-state index contributed by atoms with van der Waals surface area (Å²) in [5.74, 6) is -0.933. The quantitative estimate of drug-likeness (QED) is 0.679. The number of anilines is 2. The second-order valence-electron chi connectivity index (χ2n) is 8.06. The number of rotatable bonds is 5. The first-order valence-electron chi connectivity index (χ1n) is 9.44. The van der Waals surface area contributed by atoms with Crippen LogP contribution >= 0.6 is 7.79 Å². The molecule has 2 N–H and O–H groups in total. The summed E-state index contributed by atoms with van der Waals surface area (Å²) in [5, 5.41) is 10.2. The van der Waals surface area contributed by atoms with Crippen LogP contribution in [0.3, 0.4) is 0 Å². The predicted octanol–water partition coefficient (Wildman–Crippen LogP) is 5.17. The number of aliphatic carboxylic acids is 1. The van der Waals surface area contributed by atoms with E-state index in [4.69, 9.17) is 0 Å². The van der Waals surface area contributed by atoms with Crippen LogP contribution in [0.2, 0.25) is 0 Å². The molecule has 1 aliphatic rings. The van der Waals surface area contributed by atoms with E-state index in [1.54, 1.807) is 0 Å². The van der Waals surface area contributed by atoms with Crippen LogP contribution < -0.4 is 9.34 Å². The molecule has 1 fully saturated rings. The van der Waals surface area contributed by atoms with E-state index in [2.05, 4.69) is 0 Å². The summed E-state index contributed by atoms with van der Waals surface area (Å²) in [7, 11) is -3.10. The number of carboxylic acid groups (broad SMARTS) is 1. The molecular weight excluding hydrogens is 371 g/mol. The summed E-state index contributed by atoms with van der Waals surface area (Å²) in [6.07, 6.45) is 1.75. The zero-order valence-electron chi connectivity index (χ0n) is 16.6. The van der Waals surface area contributed by atoms with Crippen LogP contribution in [-0.2, 0) is 4.79 Å². The third-order valence-corrected chi connectivity index (χ3v) is 7.89. The maximum absolute atomic E-state index is 12.2. The van der Waals surface area contributed by atoms with Gasteiger partial charge in [-0.05, 0) is 35.8 Å². The molecule has 148 valence electrons. The maximum Gasteiger partial charge on any atom is 0.362 e. The summed E-state index contributed by atoms with van der Waals surface area (Å²) < 4.78 is 4.00. The van der Waals surface area contributed by atoms with E-state index in [-0.39, 0.29) is 11.8 Å². The lowest BCUT2D eigenvalue weighted by atomic mass is 9.96. The number of allylic oxidation sites excluding steroid dienone is 1. The Morgan fingerprint density at radius 2 is 1.39 bits per heavy atom. The number of hydrogen-bond acceptors (Lipinski definition) is 4. The number of carbonyl (C=O) groups is 1. The highest BCUT2D eigenvalue weighted by molar-refractivity contribution is 7.77. The van der Waals surface area contributed by atoms with E-state index >= 15 is 0 Å². The Bertz CT molecular complexity index is 800. The molecule has 0 spiro atoms. The molecule has 5 nitrogen and oxygen atoms in total. The second-order valence-corrected chi connectivity index (χ2v) is 10.7. The van der Waals surface area contributed by atoms with Crippen LogP contribution in [-0.4, -0.2) is 29.1 Å². The third kappa shape index (κ3) is 4.21. The standard InChI is InChI=1S/C22H27N2O3P/c1-22(2,3)17-20(16-21(25)26)28(27)23(18-10-6-4-7-11-18)14-15-24(28)19-12-8-5-9-13-19/h4-13,17,27H,14-16H2,1-3H3/p+1/b20-17+. The van der Waals surface area contributed by atoms with Gasteiger partial charge >= 0.3 is 13.8 Å². The molecule has 1 saturated heterocycles. The van der Waals surface area contributed by atoms with Gasteiger partial charge in [-0.3, -0.25) is 4.79 Å². The summed E-state index contributed by atoms with van der Waals surface area (Å²) in [4.78, 5) is 23.9. The van der Waals surface area contributed by atoms with Gasteiger partial charge in [0.25, 0.3) is 0 Å². The zero-order valence-corrected chi connectivity index (χ0v) is 17.5. The van der Waals surface area contributed by atoms with Gasteiger partial charge in [0, 0.05) is 0 Å². The molecule has 2 aromatic carbocycles. The van der Waals surface area contributed by atoms with E-state index in [1.807, 2.05) is 96.9 Å². The SMILES string of the molecule is CC(C)(C)/C=C(\CC(=O)O)[P+]1(O)N(c2ccccc2)CCN1c1ccccc1. The van der Waals surface area contributed by atoms with Gasteiger partial charge in [-0.25, -0.2) is 0 Å². The van der Waals surface area contributed by atoms with Crippen molar-refractivity contribution < 1.29 is 14.8 Å². The summed E-state index contributed by atoms with van der Waals surface area (Å²) in [6, 6.07) is 19.5. The van der Waals surface area contributed by atoms with Crippen molar-refractivity contribution in [3.63, 3.8) is 0 Å². The van der Waals surface area contributed by atoms with Crippen molar-refractivity contribution >= 4 is 25.1 Å². The molecule has 6 heteroatoms.